The molecule has 0 aliphatic carbocycles. The highest BCUT2D eigenvalue weighted by Crippen LogP contribution is 2.37. The molecule has 0 aliphatic heterocycles. The number of ether oxygens (including phenoxy) is 1. The Labute approximate surface area is 228 Å². The van der Waals surface area contributed by atoms with E-state index in [0.29, 0.717) is 0 Å². The van der Waals surface area contributed by atoms with Gasteiger partial charge in [0.25, 0.3) is 0 Å². The molecule has 0 fully saturated rings. The van der Waals surface area contributed by atoms with Gasteiger partial charge in [0.05, 0.1) is 17.1 Å². The van der Waals surface area contributed by atoms with Gasteiger partial charge >= 0.3 is 0 Å². The first-order valence-corrected chi connectivity index (χ1v) is 12.3. The minimum Gasteiger partial charge on any atom is -0.397 e. The van der Waals surface area contributed by atoms with E-state index in [4.69, 9.17) is 28.9 Å². The van der Waals surface area contributed by atoms with Crippen molar-refractivity contribution in [3.63, 3.8) is 0 Å². The molecule has 0 bridgehead atoms. The maximum absolute atomic E-state index is 6.22. The fourth-order valence-corrected chi connectivity index (χ4v) is 3.52. The number of methoxy groups -OCH3 is 1. The van der Waals surface area contributed by atoms with Crippen molar-refractivity contribution < 1.29 is 4.74 Å². The lowest BCUT2D eigenvalue weighted by molar-refractivity contribution is 0.277. The number of benzene rings is 2. The minimum absolute atomic E-state index is 0.738. The monoisotopic (exact) mass is 535 g/mol. The zero-order valence-corrected chi connectivity index (χ0v) is 24.5. The molecule has 0 atom stereocenters. The van der Waals surface area contributed by atoms with Crippen molar-refractivity contribution in [3.05, 3.63) is 83.0 Å². The van der Waals surface area contributed by atoms with Gasteiger partial charge in [-0.25, -0.2) is 0 Å². The molecule has 8 heteroatoms. The SMILES string of the molecule is C=C/C(NC)=C(C)\C=C\Cl.CN(C)CCN(c1ccc(Cl)cc1)c1cccc(N)c1N(C)C.COC. The lowest BCUT2D eigenvalue weighted by atomic mass is 10.1. The fourth-order valence-electron chi connectivity index (χ4n) is 3.21. The smallest absolute Gasteiger partial charge is 0.0835 e. The summed E-state index contributed by atoms with van der Waals surface area (Å²) in [4.78, 5) is 6.51. The zero-order valence-electron chi connectivity index (χ0n) is 23.0. The molecule has 2 rings (SSSR count). The van der Waals surface area contributed by atoms with Crippen molar-refractivity contribution in [2.45, 2.75) is 6.92 Å². The summed E-state index contributed by atoms with van der Waals surface area (Å²) in [6.07, 6.45) is 3.57. The number of halogens is 2. The molecule has 3 N–H and O–H groups in total. The van der Waals surface area contributed by atoms with E-state index in [-0.39, 0.29) is 0 Å². The highest BCUT2D eigenvalue weighted by Gasteiger charge is 2.17. The average molecular weight is 537 g/mol. The molecular formula is C28H43Cl2N5O. The number of likely N-dealkylation sites (N-methyl/N-ethyl adjacent to an activating group) is 2. The Balaban J connectivity index is 0.000000789. The Kier molecular flexibility index (Phi) is 17.2. The van der Waals surface area contributed by atoms with E-state index < -0.39 is 0 Å². The molecule has 200 valence electrons. The van der Waals surface area contributed by atoms with Crippen LogP contribution >= 0.6 is 23.2 Å². The normalized spacial score (nSPS) is 11.1. The Bertz CT molecular complexity index is 957. The summed E-state index contributed by atoms with van der Waals surface area (Å²) < 4.78 is 4.25. The molecule has 0 radical (unpaired) electrons. The molecule has 2 aromatic rings. The lowest BCUT2D eigenvalue weighted by Gasteiger charge is -2.31. The predicted octanol–water partition coefficient (Wildman–Crippen LogP) is 6.37. The van der Waals surface area contributed by atoms with Gasteiger partial charge in [0.2, 0.25) is 0 Å². The van der Waals surface area contributed by atoms with Gasteiger partial charge in [0.15, 0.2) is 0 Å². The van der Waals surface area contributed by atoms with E-state index in [1.165, 1.54) is 5.54 Å². The number of rotatable bonds is 9. The third-order valence-electron chi connectivity index (χ3n) is 4.90. The molecule has 0 amide bonds. The summed E-state index contributed by atoms with van der Waals surface area (Å²) in [7, 11) is 13.3. The van der Waals surface area contributed by atoms with E-state index in [2.05, 4.69) is 51.5 Å². The van der Waals surface area contributed by atoms with Gasteiger partial charge in [-0.15, -0.1) is 0 Å². The second kappa shape index (κ2) is 18.6. The Morgan fingerprint density at radius 2 is 1.64 bits per heavy atom. The van der Waals surface area contributed by atoms with Gasteiger partial charge in [-0.05, 0) is 75.1 Å². The quantitative estimate of drug-likeness (QED) is 0.287. The standard InChI is InChI=1S/C18H25ClN4.C8H12ClN.C2H6O/c1-21(2)12-13-23(15-10-8-14(19)9-11-15)17-7-5-6-16(20)18(17)22(3)4;1-4-8(10-3)7(2)5-6-9;1-3-2/h5-11H,12-13,20H2,1-4H3;4-6,10H,1H2,2-3H3;1-2H3/b;6-5+,8-7+;. The van der Waals surface area contributed by atoms with Crippen LogP contribution in [0.2, 0.25) is 5.02 Å². The molecule has 0 heterocycles. The summed E-state index contributed by atoms with van der Waals surface area (Å²) in [6.45, 7) is 7.40. The van der Waals surface area contributed by atoms with Crippen LogP contribution < -0.4 is 20.9 Å². The topological polar surface area (TPSA) is 57.0 Å². The van der Waals surface area contributed by atoms with Crippen LogP contribution in [0.4, 0.5) is 22.7 Å². The molecule has 2 aromatic carbocycles. The number of allylic oxidation sites excluding steroid dienone is 3. The van der Waals surface area contributed by atoms with Gasteiger partial charge < -0.3 is 30.5 Å². The van der Waals surface area contributed by atoms with Gasteiger partial charge in [-0.2, -0.15) is 0 Å². The Morgan fingerprint density at radius 3 is 2.08 bits per heavy atom. The van der Waals surface area contributed by atoms with Crippen LogP contribution in [0.25, 0.3) is 0 Å². The third-order valence-corrected chi connectivity index (χ3v) is 5.28. The number of nitrogens with two attached hydrogens (primary N) is 1. The highest BCUT2D eigenvalue weighted by atomic mass is 35.5. The van der Waals surface area contributed by atoms with E-state index in [9.17, 15) is 0 Å². The van der Waals surface area contributed by atoms with Crippen LogP contribution in [-0.2, 0) is 4.74 Å². The van der Waals surface area contributed by atoms with Crippen molar-refractivity contribution in [1.82, 2.24) is 10.2 Å². The number of nitrogen functional groups attached to an aromatic ring is 1. The van der Waals surface area contributed by atoms with Crippen LogP contribution in [0, 0.1) is 0 Å². The number of para-hydroxylation sites is 1. The first kappa shape index (κ1) is 33.4. The van der Waals surface area contributed by atoms with Gasteiger partial charge in [0, 0.05) is 70.4 Å². The molecule has 0 aromatic heterocycles. The number of hydrogen-bond donors (Lipinski definition) is 2. The molecule has 36 heavy (non-hydrogen) atoms. The van der Waals surface area contributed by atoms with Gasteiger partial charge in [0.1, 0.15) is 0 Å². The van der Waals surface area contributed by atoms with Crippen molar-refractivity contribution >= 4 is 46.0 Å². The number of hydrogen-bond acceptors (Lipinski definition) is 6. The minimum atomic E-state index is 0.738. The summed E-state index contributed by atoms with van der Waals surface area (Å²) in [5.41, 5.74) is 13.8. The maximum atomic E-state index is 6.22. The third kappa shape index (κ3) is 11.9. The summed E-state index contributed by atoms with van der Waals surface area (Å²) >= 11 is 11.4. The predicted molar refractivity (Wildman–Crippen MR) is 162 cm³/mol. The Morgan fingerprint density at radius 1 is 1.06 bits per heavy atom. The van der Waals surface area contributed by atoms with E-state index in [1.54, 1.807) is 20.3 Å². The fraction of sp³-hybridized carbons (Fsp3) is 0.357. The maximum Gasteiger partial charge on any atom is 0.0835 e. The van der Waals surface area contributed by atoms with Crippen LogP contribution in [-0.4, -0.2) is 67.4 Å². The molecular weight excluding hydrogens is 493 g/mol. The number of anilines is 4. The zero-order chi connectivity index (χ0) is 27.7. The molecule has 0 saturated carbocycles. The Hall–Kier alpha value is -2.64. The van der Waals surface area contributed by atoms with Crippen LogP contribution in [0.15, 0.2) is 78.0 Å². The number of nitrogens with zero attached hydrogens (tertiary/aromatic N) is 3. The molecule has 0 unspecified atom stereocenters. The van der Waals surface area contributed by atoms with Crippen LogP contribution in [0.5, 0.6) is 0 Å². The molecule has 6 nitrogen and oxygen atoms in total. The first-order valence-electron chi connectivity index (χ1n) is 11.5. The number of nitrogens with one attached hydrogen (secondary N) is 1. The van der Waals surface area contributed by atoms with E-state index in [0.717, 1.165) is 52.1 Å². The summed E-state index contributed by atoms with van der Waals surface area (Å²) in [5, 5.41) is 3.73. The second-order valence-corrected chi connectivity index (χ2v) is 8.98. The first-order chi connectivity index (χ1) is 17.1. The largest absolute Gasteiger partial charge is 0.397 e. The average Bonchev–Trinajstić information content (AvgIpc) is 2.82. The van der Waals surface area contributed by atoms with Gasteiger partial charge in [-0.3, -0.25) is 0 Å². The van der Waals surface area contributed by atoms with Crippen molar-refractivity contribution in [3.8, 4) is 0 Å². The molecule has 0 saturated heterocycles. The lowest BCUT2D eigenvalue weighted by Crippen LogP contribution is -2.29. The van der Waals surface area contributed by atoms with Crippen LogP contribution in [0.1, 0.15) is 6.92 Å². The van der Waals surface area contributed by atoms with Crippen molar-refractivity contribution in [1.29, 1.82) is 0 Å². The summed E-state index contributed by atoms with van der Waals surface area (Å²) in [5.74, 6) is 0. The summed E-state index contributed by atoms with van der Waals surface area (Å²) in [6, 6.07) is 14.0. The van der Waals surface area contributed by atoms with E-state index in [1.807, 2.05) is 70.5 Å². The second-order valence-electron chi connectivity index (χ2n) is 8.29. The van der Waals surface area contributed by atoms with Crippen LogP contribution in [0.3, 0.4) is 0 Å². The van der Waals surface area contributed by atoms with Crippen molar-refractivity contribution in [2.75, 3.05) is 78.1 Å². The molecule has 0 spiro atoms. The highest BCUT2D eigenvalue weighted by molar-refractivity contribution is 6.30. The molecule has 0 aliphatic rings. The van der Waals surface area contributed by atoms with Crippen molar-refractivity contribution in [2.24, 2.45) is 0 Å². The van der Waals surface area contributed by atoms with E-state index >= 15 is 0 Å². The van der Waals surface area contributed by atoms with Gasteiger partial charge in [-0.1, -0.05) is 35.8 Å².